The SMILES string of the molecule is COCCCCC1(OC(=O)C2CC3CC2C(C)C3C)CCCC1. The molecule has 23 heavy (non-hydrogen) atoms. The van der Waals surface area contributed by atoms with E-state index in [4.69, 9.17) is 9.47 Å². The van der Waals surface area contributed by atoms with Gasteiger partial charge in [0.1, 0.15) is 5.60 Å². The molecule has 3 aliphatic rings. The van der Waals surface area contributed by atoms with Crippen molar-refractivity contribution in [2.75, 3.05) is 13.7 Å². The molecule has 3 aliphatic carbocycles. The fourth-order valence-corrected chi connectivity index (χ4v) is 5.62. The zero-order valence-electron chi connectivity index (χ0n) is 15.2. The van der Waals surface area contributed by atoms with Crippen LogP contribution in [0.5, 0.6) is 0 Å². The minimum Gasteiger partial charge on any atom is -0.459 e. The molecule has 0 N–H and O–H groups in total. The average Bonchev–Trinajstić information content (AvgIpc) is 3.22. The second-order valence-corrected chi connectivity index (χ2v) is 8.48. The molecule has 132 valence electrons. The van der Waals surface area contributed by atoms with E-state index in [2.05, 4.69) is 13.8 Å². The largest absolute Gasteiger partial charge is 0.459 e. The van der Waals surface area contributed by atoms with Crippen molar-refractivity contribution >= 4 is 5.97 Å². The average molecular weight is 322 g/mol. The number of esters is 1. The van der Waals surface area contributed by atoms with Gasteiger partial charge in [-0.05, 0) is 81.5 Å². The Balaban J connectivity index is 1.57. The van der Waals surface area contributed by atoms with Gasteiger partial charge in [0.25, 0.3) is 0 Å². The fraction of sp³-hybridized carbons (Fsp3) is 0.950. The number of carbonyl (C=O) groups excluding carboxylic acids is 1. The number of ether oxygens (including phenoxy) is 2. The summed E-state index contributed by atoms with van der Waals surface area (Å²) in [4.78, 5) is 12.9. The summed E-state index contributed by atoms with van der Waals surface area (Å²) in [6.45, 7) is 5.52. The predicted molar refractivity (Wildman–Crippen MR) is 91.1 cm³/mol. The molecule has 3 fully saturated rings. The first kappa shape index (κ1) is 17.3. The van der Waals surface area contributed by atoms with Gasteiger partial charge in [0.2, 0.25) is 0 Å². The molecule has 3 heteroatoms. The lowest BCUT2D eigenvalue weighted by molar-refractivity contribution is -0.168. The molecule has 5 atom stereocenters. The van der Waals surface area contributed by atoms with Gasteiger partial charge in [-0.2, -0.15) is 0 Å². The van der Waals surface area contributed by atoms with Gasteiger partial charge in [0.05, 0.1) is 5.92 Å². The molecule has 0 saturated heterocycles. The van der Waals surface area contributed by atoms with Crippen LogP contribution in [0.2, 0.25) is 0 Å². The summed E-state index contributed by atoms with van der Waals surface area (Å²) in [5.41, 5.74) is -0.151. The van der Waals surface area contributed by atoms with E-state index in [1.54, 1.807) is 7.11 Å². The first-order valence-electron chi connectivity index (χ1n) is 9.78. The number of methoxy groups -OCH3 is 1. The number of rotatable bonds is 7. The highest BCUT2D eigenvalue weighted by Gasteiger charge is 2.52. The number of carbonyl (C=O) groups is 1. The van der Waals surface area contributed by atoms with Crippen LogP contribution in [0.3, 0.4) is 0 Å². The number of fused-ring (bicyclic) bond motifs is 2. The quantitative estimate of drug-likeness (QED) is 0.508. The Morgan fingerprint density at radius 2 is 1.83 bits per heavy atom. The van der Waals surface area contributed by atoms with Crippen LogP contribution in [0.1, 0.15) is 71.6 Å². The molecule has 3 rings (SSSR count). The first-order chi connectivity index (χ1) is 11.1. The Bertz CT molecular complexity index is 411. The second kappa shape index (κ2) is 7.13. The third kappa shape index (κ3) is 3.45. The molecular formula is C20H34O3. The van der Waals surface area contributed by atoms with Crippen LogP contribution in [0.4, 0.5) is 0 Å². The Kier molecular flexibility index (Phi) is 5.35. The molecule has 2 bridgehead atoms. The Labute approximate surface area is 141 Å². The lowest BCUT2D eigenvalue weighted by atomic mass is 9.75. The van der Waals surface area contributed by atoms with Crippen molar-refractivity contribution in [3.8, 4) is 0 Å². The third-order valence-corrected chi connectivity index (χ3v) is 7.26. The van der Waals surface area contributed by atoms with E-state index in [9.17, 15) is 4.79 Å². The lowest BCUT2D eigenvalue weighted by Gasteiger charge is -2.35. The van der Waals surface area contributed by atoms with Crippen molar-refractivity contribution in [3.05, 3.63) is 0 Å². The second-order valence-electron chi connectivity index (χ2n) is 8.48. The molecule has 0 spiro atoms. The molecule has 5 unspecified atom stereocenters. The van der Waals surface area contributed by atoms with Crippen molar-refractivity contribution in [3.63, 3.8) is 0 Å². The van der Waals surface area contributed by atoms with Crippen molar-refractivity contribution in [2.24, 2.45) is 29.6 Å². The molecule has 0 aliphatic heterocycles. The van der Waals surface area contributed by atoms with Gasteiger partial charge in [-0.15, -0.1) is 0 Å². The van der Waals surface area contributed by atoms with Crippen LogP contribution in [0.15, 0.2) is 0 Å². The highest BCUT2D eigenvalue weighted by molar-refractivity contribution is 5.74. The highest BCUT2D eigenvalue weighted by Crippen LogP contribution is 2.55. The number of hydrogen-bond donors (Lipinski definition) is 0. The zero-order chi connectivity index (χ0) is 16.4. The third-order valence-electron chi connectivity index (χ3n) is 7.26. The van der Waals surface area contributed by atoms with E-state index in [0.29, 0.717) is 11.8 Å². The van der Waals surface area contributed by atoms with Crippen LogP contribution >= 0.6 is 0 Å². The highest BCUT2D eigenvalue weighted by atomic mass is 16.6. The summed E-state index contributed by atoms with van der Waals surface area (Å²) in [5, 5.41) is 0. The van der Waals surface area contributed by atoms with E-state index in [1.807, 2.05) is 0 Å². The maximum Gasteiger partial charge on any atom is 0.309 e. The monoisotopic (exact) mass is 322 g/mol. The molecule has 0 amide bonds. The predicted octanol–water partition coefficient (Wildman–Crippen LogP) is 4.59. The van der Waals surface area contributed by atoms with Crippen LogP contribution in [0.25, 0.3) is 0 Å². The van der Waals surface area contributed by atoms with Crippen LogP contribution in [-0.4, -0.2) is 25.3 Å². The number of hydrogen-bond acceptors (Lipinski definition) is 3. The summed E-state index contributed by atoms with van der Waals surface area (Å²) in [6, 6.07) is 0. The fourth-order valence-electron chi connectivity index (χ4n) is 5.62. The van der Waals surface area contributed by atoms with Crippen LogP contribution in [0, 0.1) is 29.6 Å². The van der Waals surface area contributed by atoms with Gasteiger partial charge in [-0.25, -0.2) is 0 Å². The van der Waals surface area contributed by atoms with Crippen LogP contribution < -0.4 is 0 Å². The Morgan fingerprint density at radius 3 is 2.43 bits per heavy atom. The molecule has 0 aromatic heterocycles. The Hall–Kier alpha value is -0.570. The first-order valence-corrected chi connectivity index (χ1v) is 9.78. The van der Waals surface area contributed by atoms with Gasteiger partial charge in [0, 0.05) is 13.7 Å². The van der Waals surface area contributed by atoms with Crippen molar-refractivity contribution < 1.29 is 14.3 Å². The maximum atomic E-state index is 12.9. The molecule has 0 aromatic carbocycles. The zero-order valence-corrected chi connectivity index (χ0v) is 15.2. The topological polar surface area (TPSA) is 35.5 Å². The van der Waals surface area contributed by atoms with E-state index in [0.717, 1.165) is 57.0 Å². The summed E-state index contributed by atoms with van der Waals surface area (Å²) in [6.07, 6.45) is 10.1. The van der Waals surface area contributed by atoms with Gasteiger partial charge in [0.15, 0.2) is 0 Å². The molecule has 0 heterocycles. The summed E-state index contributed by atoms with van der Waals surface area (Å²) >= 11 is 0. The molecule has 3 saturated carbocycles. The van der Waals surface area contributed by atoms with Gasteiger partial charge < -0.3 is 9.47 Å². The van der Waals surface area contributed by atoms with Gasteiger partial charge >= 0.3 is 5.97 Å². The van der Waals surface area contributed by atoms with E-state index in [1.165, 1.54) is 19.3 Å². The van der Waals surface area contributed by atoms with Crippen molar-refractivity contribution in [1.29, 1.82) is 0 Å². The molecular weight excluding hydrogens is 288 g/mol. The minimum atomic E-state index is -0.151. The number of unbranched alkanes of at least 4 members (excludes halogenated alkanes) is 1. The normalized spacial score (nSPS) is 38.1. The summed E-state index contributed by atoms with van der Waals surface area (Å²) in [5.74, 6) is 3.13. The maximum absolute atomic E-state index is 12.9. The van der Waals surface area contributed by atoms with Crippen LogP contribution in [-0.2, 0) is 14.3 Å². The van der Waals surface area contributed by atoms with Crippen molar-refractivity contribution in [2.45, 2.75) is 77.2 Å². The van der Waals surface area contributed by atoms with E-state index < -0.39 is 0 Å². The molecule has 3 nitrogen and oxygen atoms in total. The van der Waals surface area contributed by atoms with E-state index in [-0.39, 0.29) is 17.5 Å². The minimum absolute atomic E-state index is 0.130. The van der Waals surface area contributed by atoms with Gasteiger partial charge in [-0.3, -0.25) is 4.79 Å². The summed E-state index contributed by atoms with van der Waals surface area (Å²) < 4.78 is 11.4. The van der Waals surface area contributed by atoms with Crippen molar-refractivity contribution in [1.82, 2.24) is 0 Å². The summed E-state index contributed by atoms with van der Waals surface area (Å²) in [7, 11) is 1.75. The lowest BCUT2D eigenvalue weighted by Crippen LogP contribution is -2.38. The standard InChI is InChI=1S/C20H34O3/c1-14-15(2)17-12-16(14)13-18(17)19(21)23-20(8-4-5-9-20)10-6-7-11-22-3/h14-18H,4-13H2,1-3H3. The Morgan fingerprint density at radius 1 is 1.09 bits per heavy atom. The smallest absolute Gasteiger partial charge is 0.309 e. The van der Waals surface area contributed by atoms with E-state index >= 15 is 0 Å². The van der Waals surface area contributed by atoms with Gasteiger partial charge in [-0.1, -0.05) is 13.8 Å². The molecule has 0 radical (unpaired) electrons. The molecule has 0 aromatic rings.